The number of nitrogens with two attached hydrogens (primary N) is 1. The number of aliphatic hydroxyl groups is 1. The predicted octanol–water partition coefficient (Wildman–Crippen LogP) is 0.508. The Hall–Kier alpha value is -0.940. The molecule has 0 amide bonds. The van der Waals surface area contributed by atoms with E-state index in [0.29, 0.717) is 5.69 Å². The van der Waals surface area contributed by atoms with Gasteiger partial charge in [-0.15, -0.1) is 0 Å². The Morgan fingerprint density at radius 2 is 2.23 bits per heavy atom. The summed E-state index contributed by atoms with van der Waals surface area (Å²) < 4.78 is 24.3. The molecule has 0 aliphatic rings. The fourth-order valence-corrected chi connectivity index (χ4v) is 1.78. The van der Waals surface area contributed by atoms with Crippen LogP contribution in [0.3, 0.4) is 0 Å². The van der Waals surface area contributed by atoms with Gasteiger partial charge in [0, 0.05) is 5.69 Å². The second kappa shape index (κ2) is 4.34. The van der Waals surface area contributed by atoms with Gasteiger partial charge >= 0.3 is 0 Å². The first kappa shape index (κ1) is 10.1. The first-order valence-corrected chi connectivity index (χ1v) is 5.01. The van der Waals surface area contributed by atoms with Crippen molar-refractivity contribution in [1.29, 1.82) is 0 Å². The van der Waals surface area contributed by atoms with Crippen molar-refractivity contribution >= 4 is 16.5 Å². The molecule has 0 saturated carbocycles. The summed E-state index contributed by atoms with van der Waals surface area (Å²) in [6, 6.07) is 3.97. The van der Waals surface area contributed by atoms with Crippen molar-refractivity contribution in [3.8, 4) is 0 Å². The number of halogens is 1. The molecular formula is C8H10FNO2S. The smallest absolute Gasteiger partial charge is 0.141 e. The maximum absolute atomic E-state index is 13.1. The summed E-state index contributed by atoms with van der Waals surface area (Å²) in [5.74, 6) is -0.548. The average Bonchev–Trinajstić information content (AvgIpc) is 2.04. The molecule has 0 fully saturated rings. The maximum atomic E-state index is 13.1. The standard InChI is InChI=1S/C8H10FNO2S/c9-7-5-6(10)1-2-8(7)13(12)4-3-11/h1-2,5,11H,3-4,10H2. The summed E-state index contributed by atoms with van der Waals surface area (Å²) in [5.41, 5.74) is 5.61. The zero-order chi connectivity index (χ0) is 9.84. The molecule has 1 rings (SSSR count). The molecule has 0 bridgehead atoms. The van der Waals surface area contributed by atoms with Gasteiger partial charge in [0.25, 0.3) is 0 Å². The third-order valence-corrected chi connectivity index (χ3v) is 2.85. The monoisotopic (exact) mass is 203 g/mol. The summed E-state index contributed by atoms with van der Waals surface area (Å²) in [5, 5.41) is 8.50. The molecule has 1 unspecified atom stereocenters. The van der Waals surface area contributed by atoms with E-state index in [1.165, 1.54) is 12.1 Å². The average molecular weight is 203 g/mol. The van der Waals surface area contributed by atoms with Gasteiger partial charge in [0.1, 0.15) is 5.82 Å². The Bertz CT molecular complexity index is 330. The SMILES string of the molecule is Nc1ccc(S(=O)CCO)c(F)c1. The lowest BCUT2D eigenvalue weighted by molar-refractivity contribution is 0.321. The van der Waals surface area contributed by atoms with Gasteiger partial charge < -0.3 is 10.8 Å². The van der Waals surface area contributed by atoms with Crippen LogP contribution in [0.25, 0.3) is 0 Å². The number of hydrogen-bond acceptors (Lipinski definition) is 3. The van der Waals surface area contributed by atoms with Gasteiger partial charge in [0.15, 0.2) is 0 Å². The third-order valence-electron chi connectivity index (χ3n) is 1.48. The summed E-state index contributed by atoms with van der Waals surface area (Å²) in [6.45, 7) is -0.226. The molecule has 0 radical (unpaired) electrons. The second-order valence-corrected chi connectivity index (χ2v) is 4.00. The maximum Gasteiger partial charge on any atom is 0.141 e. The van der Waals surface area contributed by atoms with Gasteiger partial charge in [0.2, 0.25) is 0 Å². The number of anilines is 1. The summed E-state index contributed by atoms with van der Waals surface area (Å²) in [6.07, 6.45) is 0. The fourth-order valence-electron chi connectivity index (χ4n) is 0.895. The molecule has 0 heterocycles. The molecular weight excluding hydrogens is 193 g/mol. The minimum atomic E-state index is -1.48. The lowest BCUT2D eigenvalue weighted by Crippen LogP contribution is -2.04. The topological polar surface area (TPSA) is 63.3 Å². The molecule has 0 aliphatic carbocycles. The summed E-state index contributed by atoms with van der Waals surface area (Å²) in [7, 11) is -1.48. The molecule has 0 aromatic heterocycles. The van der Waals surface area contributed by atoms with Gasteiger partial charge in [-0.05, 0) is 18.2 Å². The van der Waals surface area contributed by atoms with E-state index in [2.05, 4.69) is 0 Å². The fraction of sp³-hybridized carbons (Fsp3) is 0.250. The number of rotatable bonds is 3. The highest BCUT2D eigenvalue weighted by molar-refractivity contribution is 7.85. The molecule has 1 aromatic rings. The van der Waals surface area contributed by atoms with Crippen molar-refractivity contribution in [2.45, 2.75) is 4.90 Å². The zero-order valence-corrected chi connectivity index (χ0v) is 7.68. The van der Waals surface area contributed by atoms with Crippen LogP contribution in [0.1, 0.15) is 0 Å². The quantitative estimate of drug-likeness (QED) is 0.703. The van der Waals surface area contributed by atoms with Crippen LogP contribution < -0.4 is 5.73 Å². The predicted molar refractivity (Wildman–Crippen MR) is 49.2 cm³/mol. The molecule has 1 aromatic carbocycles. The molecule has 3 nitrogen and oxygen atoms in total. The Kier molecular flexibility index (Phi) is 3.39. The Balaban J connectivity index is 2.95. The van der Waals surface area contributed by atoms with Crippen LogP contribution in [0.4, 0.5) is 10.1 Å². The lowest BCUT2D eigenvalue weighted by Gasteiger charge is -2.02. The molecule has 3 N–H and O–H groups in total. The van der Waals surface area contributed by atoms with E-state index in [9.17, 15) is 8.60 Å². The van der Waals surface area contributed by atoms with E-state index in [4.69, 9.17) is 10.8 Å². The van der Waals surface area contributed by atoms with E-state index in [1.54, 1.807) is 0 Å². The number of benzene rings is 1. The van der Waals surface area contributed by atoms with Crippen LogP contribution in [-0.4, -0.2) is 21.7 Å². The van der Waals surface area contributed by atoms with E-state index < -0.39 is 16.6 Å². The first-order valence-electron chi connectivity index (χ1n) is 3.69. The highest BCUT2D eigenvalue weighted by Gasteiger charge is 2.08. The van der Waals surface area contributed by atoms with Gasteiger partial charge in [-0.2, -0.15) is 0 Å². The van der Waals surface area contributed by atoms with Crippen molar-refractivity contribution in [3.63, 3.8) is 0 Å². The number of aliphatic hydroxyl groups excluding tert-OH is 1. The van der Waals surface area contributed by atoms with E-state index >= 15 is 0 Å². The van der Waals surface area contributed by atoms with Crippen molar-refractivity contribution in [3.05, 3.63) is 24.0 Å². The van der Waals surface area contributed by atoms with Crippen molar-refractivity contribution in [2.24, 2.45) is 0 Å². The van der Waals surface area contributed by atoms with Crippen LogP contribution in [0.5, 0.6) is 0 Å². The molecule has 1 atom stereocenters. The number of hydrogen-bond donors (Lipinski definition) is 2. The molecule has 72 valence electrons. The molecule has 0 saturated heterocycles. The lowest BCUT2D eigenvalue weighted by atomic mass is 10.3. The minimum Gasteiger partial charge on any atom is -0.399 e. The minimum absolute atomic E-state index is 0.0425. The van der Waals surface area contributed by atoms with Crippen molar-refractivity contribution in [1.82, 2.24) is 0 Å². The highest BCUT2D eigenvalue weighted by Crippen LogP contribution is 2.15. The van der Waals surface area contributed by atoms with Crippen LogP contribution in [-0.2, 0) is 10.8 Å². The van der Waals surface area contributed by atoms with Crippen LogP contribution in [0.15, 0.2) is 23.1 Å². The van der Waals surface area contributed by atoms with E-state index in [0.717, 1.165) is 6.07 Å². The Morgan fingerprint density at radius 3 is 2.77 bits per heavy atom. The number of nitrogen functional groups attached to an aromatic ring is 1. The third kappa shape index (κ3) is 2.50. The van der Waals surface area contributed by atoms with Gasteiger partial charge in [0.05, 0.1) is 28.1 Å². The van der Waals surface area contributed by atoms with Crippen LogP contribution in [0.2, 0.25) is 0 Å². The van der Waals surface area contributed by atoms with E-state index in [1.807, 2.05) is 0 Å². The van der Waals surface area contributed by atoms with E-state index in [-0.39, 0.29) is 17.3 Å². The first-order chi connectivity index (χ1) is 6.15. The molecule has 5 heteroatoms. The van der Waals surface area contributed by atoms with Gasteiger partial charge in [-0.25, -0.2) is 4.39 Å². The van der Waals surface area contributed by atoms with Gasteiger partial charge in [-0.1, -0.05) is 0 Å². The highest BCUT2D eigenvalue weighted by atomic mass is 32.2. The van der Waals surface area contributed by atoms with Crippen molar-refractivity contribution in [2.75, 3.05) is 18.1 Å². The van der Waals surface area contributed by atoms with Crippen molar-refractivity contribution < 1.29 is 13.7 Å². The van der Waals surface area contributed by atoms with Gasteiger partial charge in [-0.3, -0.25) is 4.21 Å². The Labute approximate surface area is 77.8 Å². The largest absolute Gasteiger partial charge is 0.399 e. The zero-order valence-electron chi connectivity index (χ0n) is 6.87. The Morgan fingerprint density at radius 1 is 1.54 bits per heavy atom. The second-order valence-electron chi connectivity index (χ2n) is 2.46. The van der Waals surface area contributed by atoms with Crippen LogP contribution >= 0.6 is 0 Å². The normalized spacial score (nSPS) is 12.8. The molecule has 0 aliphatic heterocycles. The van der Waals surface area contributed by atoms with Crippen LogP contribution in [0, 0.1) is 5.82 Å². The summed E-state index contributed by atoms with van der Waals surface area (Å²) >= 11 is 0. The molecule has 0 spiro atoms. The summed E-state index contributed by atoms with van der Waals surface area (Å²) in [4.78, 5) is 0.0863. The molecule has 13 heavy (non-hydrogen) atoms.